The highest BCUT2D eigenvalue weighted by Crippen LogP contribution is 2.23. The Balaban J connectivity index is 1.40. The van der Waals surface area contributed by atoms with Gasteiger partial charge >= 0.3 is 0 Å². The average molecular weight is 635 g/mol. The molecule has 208 valence electrons. The first kappa shape index (κ1) is 29.6. The van der Waals surface area contributed by atoms with Gasteiger partial charge in [-0.15, -0.1) is 11.8 Å². The third-order valence-electron chi connectivity index (χ3n) is 5.64. The first-order chi connectivity index (χ1) is 19.8. The van der Waals surface area contributed by atoms with Crippen LogP contribution < -0.4 is 20.7 Å². The van der Waals surface area contributed by atoms with Gasteiger partial charge in [0.1, 0.15) is 17.3 Å². The van der Waals surface area contributed by atoms with Crippen molar-refractivity contribution in [2.45, 2.75) is 4.90 Å². The van der Waals surface area contributed by atoms with Crippen LogP contribution in [0, 0.1) is 5.82 Å². The summed E-state index contributed by atoms with van der Waals surface area (Å²) in [5.74, 6) is -1.08. The minimum Gasteiger partial charge on any atom is -0.497 e. The van der Waals surface area contributed by atoms with Crippen LogP contribution >= 0.6 is 27.7 Å². The summed E-state index contributed by atoms with van der Waals surface area (Å²) >= 11 is 4.45. The van der Waals surface area contributed by atoms with E-state index < -0.39 is 17.6 Å². The molecule has 0 atom stereocenters. The normalized spacial score (nSPS) is 11.0. The van der Waals surface area contributed by atoms with Crippen molar-refractivity contribution in [2.75, 3.05) is 23.5 Å². The number of halogens is 2. The fraction of sp³-hybridized carbons (Fsp3) is 0.0645. The zero-order valence-electron chi connectivity index (χ0n) is 21.8. The predicted molar refractivity (Wildman–Crippen MR) is 163 cm³/mol. The van der Waals surface area contributed by atoms with Gasteiger partial charge in [-0.05, 0) is 78.4 Å². The van der Waals surface area contributed by atoms with Crippen molar-refractivity contribution in [3.63, 3.8) is 0 Å². The fourth-order valence-electron chi connectivity index (χ4n) is 3.57. The van der Waals surface area contributed by atoms with Crippen LogP contribution in [0.15, 0.2) is 112 Å². The molecule has 0 heterocycles. The second-order valence-corrected chi connectivity index (χ2v) is 10.6. The quantitative estimate of drug-likeness (QED) is 0.133. The van der Waals surface area contributed by atoms with Gasteiger partial charge in [-0.2, -0.15) is 0 Å². The molecule has 7 nitrogen and oxygen atoms in total. The molecule has 0 aliphatic carbocycles. The molecule has 0 aliphatic heterocycles. The molecule has 0 spiro atoms. The SMILES string of the molecule is COc1ccc(/C=C(\NC(=O)c2ccccc2)C(=O)Nc2ccc(SCC(=O)Nc3ccc(Br)cc3F)cc2)cc1. The molecule has 0 aromatic heterocycles. The molecule has 41 heavy (non-hydrogen) atoms. The standard InChI is InChI=1S/C31H25BrFN3O4S/c1-40-24-12-7-20(8-13-24)17-28(36-30(38)21-5-3-2-4-6-21)31(39)34-23-10-14-25(15-11-23)41-19-29(37)35-27-16-9-22(32)18-26(27)33/h2-18H,19H2,1H3,(H,34,39)(H,35,37)(H,36,38)/b28-17-. The van der Waals surface area contributed by atoms with Crippen LogP contribution in [0.3, 0.4) is 0 Å². The Labute approximate surface area is 249 Å². The minimum atomic E-state index is -0.529. The summed E-state index contributed by atoms with van der Waals surface area (Å²) in [6.07, 6.45) is 1.58. The van der Waals surface area contributed by atoms with Crippen molar-refractivity contribution < 1.29 is 23.5 Å². The molecule has 0 bridgehead atoms. The summed E-state index contributed by atoms with van der Waals surface area (Å²) in [5, 5.41) is 8.05. The predicted octanol–water partition coefficient (Wildman–Crippen LogP) is 6.74. The van der Waals surface area contributed by atoms with E-state index in [9.17, 15) is 18.8 Å². The lowest BCUT2D eigenvalue weighted by atomic mass is 10.1. The summed E-state index contributed by atoms with van der Waals surface area (Å²) in [6.45, 7) is 0. The van der Waals surface area contributed by atoms with Gasteiger partial charge in [-0.25, -0.2) is 4.39 Å². The van der Waals surface area contributed by atoms with E-state index in [2.05, 4.69) is 31.9 Å². The first-order valence-electron chi connectivity index (χ1n) is 12.3. The Bertz CT molecular complexity index is 1560. The molecule has 0 saturated heterocycles. The number of hydrogen-bond donors (Lipinski definition) is 3. The number of carbonyl (C=O) groups excluding carboxylic acids is 3. The molecule has 4 aromatic rings. The Hall–Kier alpha value is -4.41. The van der Waals surface area contributed by atoms with E-state index in [1.165, 1.54) is 23.9 Å². The number of nitrogens with one attached hydrogen (secondary N) is 3. The Morgan fingerprint density at radius 1 is 0.902 bits per heavy atom. The van der Waals surface area contributed by atoms with E-state index in [-0.39, 0.29) is 23.0 Å². The van der Waals surface area contributed by atoms with E-state index in [1.807, 2.05) is 0 Å². The molecular formula is C31H25BrFN3O4S. The highest BCUT2D eigenvalue weighted by Gasteiger charge is 2.15. The molecule has 0 radical (unpaired) electrons. The summed E-state index contributed by atoms with van der Waals surface area (Å²) in [5.41, 5.74) is 1.76. The van der Waals surface area contributed by atoms with Crippen LogP contribution in [0.5, 0.6) is 5.75 Å². The van der Waals surface area contributed by atoms with Crippen LogP contribution in [0.4, 0.5) is 15.8 Å². The van der Waals surface area contributed by atoms with Crippen molar-refractivity contribution in [3.8, 4) is 5.75 Å². The lowest BCUT2D eigenvalue weighted by Gasteiger charge is -2.12. The Kier molecular flexibility index (Phi) is 10.3. The van der Waals surface area contributed by atoms with Gasteiger partial charge in [0.2, 0.25) is 5.91 Å². The maximum atomic E-state index is 14.0. The molecule has 3 amide bonds. The van der Waals surface area contributed by atoms with E-state index in [4.69, 9.17) is 4.74 Å². The summed E-state index contributed by atoms with van der Waals surface area (Å²) in [4.78, 5) is 39.1. The zero-order chi connectivity index (χ0) is 29.2. The van der Waals surface area contributed by atoms with Crippen molar-refractivity contribution >= 4 is 62.9 Å². The second kappa shape index (κ2) is 14.3. The second-order valence-electron chi connectivity index (χ2n) is 8.59. The van der Waals surface area contributed by atoms with Crippen LogP contribution in [0.2, 0.25) is 0 Å². The Morgan fingerprint density at radius 2 is 1.61 bits per heavy atom. The van der Waals surface area contributed by atoms with Crippen LogP contribution in [0.25, 0.3) is 6.08 Å². The molecule has 3 N–H and O–H groups in total. The summed E-state index contributed by atoms with van der Waals surface area (Å²) in [6, 6.07) is 26.9. The van der Waals surface area contributed by atoms with E-state index in [1.54, 1.807) is 98.1 Å². The van der Waals surface area contributed by atoms with Crippen molar-refractivity contribution in [3.05, 3.63) is 124 Å². The smallest absolute Gasteiger partial charge is 0.272 e. The average Bonchev–Trinajstić information content (AvgIpc) is 2.98. The molecular weight excluding hydrogens is 609 g/mol. The lowest BCUT2D eigenvalue weighted by Crippen LogP contribution is -2.30. The number of carbonyl (C=O) groups is 3. The number of thioether (sulfide) groups is 1. The third kappa shape index (κ3) is 8.79. The van der Waals surface area contributed by atoms with E-state index >= 15 is 0 Å². The number of rotatable bonds is 10. The highest BCUT2D eigenvalue weighted by molar-refractivity contribution is 9.10. The van der Waals surface area contributed by atoms with Gasteiger partial charge in [0.25, 0.3) is 11.8 Å². The van der Waals surface area contributed by atoms with Crippen LogP contribution in [-0.2, 0) is 9.59 Å². The van der Waals surface area contributed by atoms with Gasteiger partial charge in [0.05, 0.1) is 18.6 Å². The summed E-state index contributed by atoms with van der Waals surface area (Å²) in [7, 11) is 1.56. The van der Waals surface area contributed by atoms with Crippen LogP contribution in [-0.4, -0.2) is 30.6 Å². The van der Waals surface area contributed by atoms with Crippen molar-refractivity contribution in [1.29, 1.82) is 0 Å². The van der Waals surface area contributed by atoms with Gasteiger partial charge in [-0.1, -0.05) is 46.3 Å². The number of methoxy groups -OCH3 is 1. The number of ether oxygens (including phenoxy) is 1. The maximum Gasteiger partial charge on any atom is 0.272 e. The fourth-order valence-corrected chi connectivity index (χ4v) is 4.60. The minimum absolute atomic E-state index is 0.0549. The van der Waals surface area contributed by atoms with Gasteiger partial charge in [-0.3, -0.25) is 14.4 Å². The largest absolute Gasteiger partial charge is 0.497 e. The van der Waals surface area contributed by atoms with Gasteiger partial charge < -0.3 is 20.7 Å². The van der Waals surface area contributed by atoms with Gasteiger partial charge in [0.15, 0.2) is 0 Å². The number of amides is 3. The molecule has 0 saturated carbocycles. The molecule has 0 aliphatic rings. The zero-order valence-corrected chi connectivity index (χ0v) is 24.2. The Morgan fingerprint density at radius 3 is 2.27 bits per heavy atom. The summed E-state index contributed by atoms with van der Waals surface area (Å²) < 4.78 is 19.7. The molecule has 0 fully saturated rings. The van der Waals surface area contributed by atoms with E-state index in [0.717, 1.165) is 4.90 Å². The molecule has 4 aromatic carbocycles. The first-order valence-corrected chi connectivity index (χ1v) is 14.1. The topological polar surface area (TPSA) is 96.5 Å². The number of anilines is 2. The van der Waals surface area contributed by atoms with Gasteiger partial charge in [0, 0.05) is 20.6 Å². The van der Waals surface area contributed by atoms with E-state index in [0.29, 0.717) is 27.0 Å². The van der Waals surface area contributed by atoms with Crippen molar-refractivity contribution in [2.24, 2.45) is 0 Å². The third-order valence-corrected chi connectivity index (χ3v) is 7.15. The lowest BCUT2D eigenvalue weighted by molar-refractivity contribution is -0.114. The van der Waals surface area contributed by atoms with Crippen LogP contribution in [0.1, 0.15) is 15.9 Å². The monoisotopic (exact) mass is 633 g/mol. The molecule has 10 heteroatoms. The van der Waals surface area contributed by atoms with Crippen molar-refractivity contribution in [1.82, 2.24) is 5.32 Å². The highest BCUT2D eigenvalue weighted by atomic mass is 79.9. The molecule has 4 rings (SSSR count). The molecule has 0 unspecified atom stereocenters. The number of hydrogen-bond acceptors (Lipinski definition) is 5. The maximum absolute atomic E-state index is 14.0. The number of benzene rings is 4.